The minimum absolute atomic E-state index is 0.00149. The zero-order chi connectivity index (χ0) is 12.8. The van der Waals surface area contributed by atoms with Gasteiger partial charge in [0.05, 0.1) is 11.1 Å². The van der Waals surface area contributed by atoms with Crippen LogP contribution in [0, 0.1) is 25.5 Å². The van der Waals surface area contributed by atoms with Crippen molar-refractivity contribution in [3.8, 4) is 0 Å². The maximum atomic E-state index is 14.0. The SMILES string of the molecule is Cc1cc(F)c(C)c(F)c1C1=NC(C)(C)CO1. The molecule has 0 unspecified atom stereocenters. The van der Waals surface area contributed by atoms with E-state index in [0.717, 1.165) is 0 Å². The summed E-state index contributed by atoms with van der Waals surface area (Å²) in [4.78, 5) is 4.32. The summed E-state index contributed by atoms with van der Waals surface area (Å²) < 4.78 is 32.8. The number of aliphatic imine (C=N–C) groups is 1. The van der Waals surface area contributed by atoms with Crippen molar-refractivity contribution in [1.82, 2.24) is 0 Å². The van der Waals surface area contributed by atoms with Gasteiger partial charge in [0.1, 0.15) is 18.2 Å². The summed E-state index contributed by atoms with van der Waals surface area (Å²) in [5, 5.41) is 0. The molecule has 0 spiro atoms. The highest BCUT2D eigenvalue weighted by Crippen LogP contribution is 2.26. The zero-order valence-electron chi connectivity index (χ0n) is 10.4. The van der Waals surface area contributed by atoms with Gasteiger partial charge in [-0.15, -0.1) is 0 Å². The quantitative estimate of drug-likeness (QED) is 0.737. The maximum absolute atomic E-state index is 14.0. The Morgan fingerprint density at radius 3 is 2.47 bits per heavy atom. The van der Waals surface area contributed by atoms with E-state index in [1.165, 1.54) is 13.0 Å². The Kier molecular flexibility index (Phi) is 2.68. The van der Waals surface area contributed by atoms with Gasteiger partial charge in [-0.1, -0.05) is 0 Å². The summed E-state index contributed by atoms with van der Waals surface area (Å²) >= 11 is 0. The smallest absolute Gasteiger partial charge is 0.220 e. The van der Waals surface area contributed by atoms with Crippen LogP contribution in [0.4, 0.5) is 8.78 Å². The molecule has 0 bridgehead atoms. The average Bonchev–Trinajstić information content (AvgIpc) is 2.55. The van der Waals surface area contributed by atoms with Gasteiger partial charge in [0.25, 0.3) is 0 Å². The van der Waals surface area contributed by atoms with E-state index in [9.17, 15) is 8.78 Å². The molecule has 4 heteroatoms. The van der Waals surface area contributed by atoms with E-state index < -0.39 is 11.6 Å². The van der Waals surface area contributed by atoms with Crippen LogP contribution in [0.15, 0.2) is 11.1 Å². The van der Waals surface area contributed by atoms with Crippen LogP contribution in [0.3, 0.4) is 0 Å². The summed E-state index contributed by atoms with van der Waals surface area (Å²) in [6, 6.07) is 1.31. The number of hydrogen-bond acceptors (Lipinski definition) is 2. The second kappa shape index (κ2) is 3.79. The first-order valence-electron chi connectivity index (χ1n) is 5.50. The summed E-state index contributed by atoms with van der Waals surface area (Å²) in [5.41, 5.74) is 0.425. The Bertz CT molecular complexity index is 507. The van der Waals surface area contributed by atoms with Crippen molar-refractivity contribution in [2.45, 2.75) is 33.2 Å². The summed E-state index contributed by atoms with van der Waals surface area (Å²) in [7, 11) is 0. The van der Waals surface area contributed by atoms with E-state index in [1.807, 2.05) is 13.8 Å². The monoisotopic (exact) mass is 239 g/mol. The number of aryl methyl sites for hydroxylation is 1. The summed E-state index contributed by atoms with van der Waals surface area (Å²) in [6.45, 7) is 7.29. The van der Waals surface area contributed by atoms with Gasteiger partial charge in [-0.25, -0.2) is 13.8 Å². The Morgan fingerprint density at radius 2 is 1.94 bits per heavy atom. The van der Waals surface area contributed by atoms with Gasteiger partial charge >= 0.3 is 0 Å². The largest absolute Gasteiger partial charge is 0.475 e. The van der Waals surface area contributed by atoms with E-state index in [4.69, 9.17) is 4.74 Å². The van der Waals surface area contributed by atoms with E-state index in [1.54, 1.807) is 6.92 Å². The molecule has 0 aromatic heterocycles. The fraction of sp³-hybridized carbons (Fsp3) is 0.462. The lowest BCUT2D eigenvalue weighted by atomic mass is 10.0. The highest BCUT2D eigenvalue weighted by atomic mass is 19.1. The molecule has 1 aliphatic heterocycles. The Morgan fingerprint density at radius 1 is 1.29 bits per heavy atom. The topological polar surface area (TPSA) is 21.6 Å². The van der Waals surface area contributed by atoms with Crippen molar-refractivity contribution in [2.24, 2.45) is 4.99 Å². The predicted molar refractivity (Wildman–Crippen MR) is 62.4 cm³/mol. The number of rotatable bonds is 1. The van der Waals surface area contributed by atoms with Gasteiger partial charge in [-0.3, -0.25) is 0 Å². The van der Waals surface area contributed by atoms with Crippen molar-refractivity contribution in [3.63, 3.8) is 0 Å². The molecule has 0 aliphatic carbocycles. The molecule has 0 N–H and O–H groups in total. The lowest BCUT2D eigenvalue weighted by Gasteiger charge is -2.09. The molecule has 0 fully saturated rings. The molecule has 0 saturated carbocycles. The molecule has 1 aromatic rings. The third-order valence-corrected chi connectivity index (χ3v) is 2.82. The van der Waals surface area contributed by atoms with Crippen LogP contribution < -0.4 is 0 Å². The molecular formula is C13H15F2NO. The molecule has 17 heavy (non-hydrogen) atoms. The standard InChI is InChI=1S/C13H15F2NO/c1-7-5-9(14)8(2)11(15)10(7)12-16-13(3,4)6-17-12/h5H,6H2,1-4H3. The first-order chi connectivity index (χ1) is 7.82. The summed E-state index contributed by atoms with van der Waals surface area (Å²) in [6.07, 6.45) is 0. The van der Waals surface area contributed by atoms with Crippen LogP contribution in [-0.4, -0.2) is 18.0 Å². The molecule has 92 valence electrons. The van der Waals surface area contributed by atoms with Gasteiger partial charge in [0.15, 0.2) is 0 Å². The lowest BCUT2D eigenvalue weighted by Crippen LogP contribution is -2.17. The first kappa shape index (κ1) is 12.0. The van der Waals surface area contributed by atoms with Crippen LogP contribution in [0.25, 0.3) is 0 Å². The van der Waals surface area contributed by atoms with Gasteiger partial charge in [-0.05, 0) is 39.3 Å². The summed E-state index contributed by atoms with van der Waals surface area (Å²) in [5.74, 6) is -0.853. The van der Waals surface area contributed by atoms with Crippen LogP contribution in [0.5, 0.6) is 0 Å². The predicted octanol–water partition coefficient (Wildman–Crippen LogP) is 3.14. The number of hydrogen-bond donors (Lipinski definition) is 0. The average molecular weight is 239 g/mol. The number of benzene rings is 1. The fourth-order valence-electron chi connectivity index (χ4n) is 1.81. The van der Waals surface area contributed by atoms with Gasteiger partial charge in [0.2, 0.25) is 5.90 Å². The van der Waals surface area contributed by atoms with Crippen LogP contribution >= 0.6 is 0 Å². The Balaban J connectivity index is 2.58. The van der Waals surface area contributed by atoms with Gasteiger partial charge < -0.3 is 4.74 Å². The second-order valence-electron chi connectivity index (χ2n) is 5.01. The van der Waals surface area contributed by atoms with E-state index in [-0.39, 0.29) is 22.6 Å². The molecule has 2 nitrogen and oxygen atoms in total. The van der Waals surface area contributed by atoms with E-state index in [0.29, 0.717) is 12.2 Å². The second-order valence-corrected chi connectivity index (χ2v) is 5.01. The molecule has 1 aliphatic rings. The molecule has 2 rings (SSSR count). The minimum Gasteiger partial charge on any atom is -0.475 e. The van der Waals surface area contributed by atoms with Crippen LogP contribution in [0.2, 0.25) is 0 Å². The van der Waals surface area contributed by atoms with Crippen molar-refractivity contribution in [1.29, 1.82) is 0 Å². The van der Waals surface area contributed by atoms with Crippen molar-refractivity contribution < 1.29 is 13.5 Å². The maximum Gasteiger partial charge on any atom is 0.220 e. The molecular weight excluding hydrogens is 224 g/mol. The van der Waals surface area contributed by atoms with Crippen LogP contribution in [0.1, 0.15) is 30.5 Å². The zero-order valence-corrected chi connectivity index (χ0v) is 10.4. The first-order valence-corrected chi connectivity index (χ1v) is 5.50. The molecule has 0 atom stereocenters. The molecule has 0 amide bonds. The van der Waals surface area contributed by atoms with Crippen LogP contribution in [-0.2, 0) is 4.74 Å². The van der Waals surface area contributed by atoms with Gasteiger partial charge in [-0.2, -0.15) is 0 Å². The van der Waals surface area contributed by atoms with Crippen molar-refractivity contribution >= 4 is 5.90 Å². The molecule has 1 heterocycles. The van der Waals surface area contributed by atoms with E-state index >= 15 is 0 Å². The molecule has 1 aromatic carbocycles. The Labute approximate surface area is 99.3 Å². The third kappa shape index (κ3) is 2.04. The van der Waals surface area contributed by atoms with Crippen molar-refractivity contribution in [2.75, 3.05) is 6.61 Å². The highest BCUT2D eigenvalue weighted by Gasteiger charge is 2.30. The fourth-order valence-corrected chi connectivity index (χ4v) is 1.81. The molecule has 0 radical (unpaired) electrons. The van der Waals surface area contributed by atoms with Crippen molar-refractivity contribution in [3.05, 3.63) is 34.4 Å². The number of ether oxygens (including phenoxy) is 1. The lowest BCUT2D eigenvalue weighted by molar-refractivity contribution is 0.278. The number of nitrogens with zero attached hydrogens (tertiary/aromatic N) is 1. The third-order valence-electron chi connectivity index (χ3n) is 2.82. The normalized spacial score (nSPS) is 17.9. The number of halogens is 2. The Hall–Kier alpha value is -1.45. The molecule has 0 saturated heterocycles. The van der Waals surface area contributed by atoms with Gasteiger partial charge in [0, 0.05) is 5.56 Å². The highest BCUT2D eigenvalue weighted by molar-refractivity contribution is 5.97. The van der Waals surface area contributed by atoms with E-state index in [2.05, 4.69) is 4.99 Å². The minimum atomic E-state index is -0.584.